The van der Waals surface area contributed by atoms with E-state index in [4.69, 9.17) is 15.2 Å². The lowest BCUT2D eigenvalue weighted by molar-refractivity contribution is -0.908. The third-order valence-electron chi connectivity index (χ3n) is 4.50. The van der Waals surface area contributed by atoms with Gasteiger partial charge < -0.3 is 25.4 Å². The topological polar surface area (TPSA) is 99.6 Å². The summed E-state index contributed by atoms with van der Waals surface area (Å²) in [6, 6.07) is 13.9. The molecule has 2 aromatic carbocycles. The van der Waals surface area contributed by atoms with E-state index in [1.54, 1.807) is 14.2 Å². The van der Waals surface area contributed by atoms with Crippen LogP contribution in [0.3, 0.4) is 0 Å². The summed E-state index contributed by atoms with van der Waals surface area (Å²) in [4.78, 5) is 14.2. The van der Waals surface area contributed by atoms with E-state index >= 15 is 0 Å². The molecule has 8 nitrogen and oxygen atoms in total. The summed E-state index contributed by atoms with van der Waals surface area (Å²) >= 11 is 0. The van der Waals surface area contributed by atoms with Gasteiger partial charge in [0.2, 0.25) is 11.9 Å². The number of aryl methyl sites for hydroxylation is 1. The Morgan fingerprint density at radius 1 is 0.966 bits per heavy atom. The van der Waals surface area contributed by atoms with Crippen molar-refractivity contribution in [3.63, 3.8) is 0 Å². The van der Waals surface area contributed by atoms with Crippen molar-refractivity contribution < 1.29 is 14.4 Å². The van der Waals surface area contributed by atoms with Crippen molar-refractivity contribution in [2.45, 2.75) is 20.0 Å². The molecule has 4 N–H and O–H groups in total. The minimum Gasteiger partial charge on any atom is -0.493 e. The fourth-order valence-corrected chi connectivity index (χ4v) is 3.08. The molecule has 152 valence electrons. The van der Waals surface area contributed by atoms with E-state index in [0.29, 0.717) is 29.8 Å². The van der Waals surface area contributed by atoms with Gasteiger partial charge in [-0.3, -0.25) is 0 Å². The molecule has 1 unspecified atom stereocenters. The summed E-state index contributed by atoms with van der Waals surface area (Å²) < 4.78 is 10.7. The second-order valence-corrected chi connectivity index (χ2v) is 6.87. The zero-order valence-electron chi connectivity index (χ0n) is 17.2. The summed E-state index contributed by atoms with van der Waals surface area (Å²) in [5, 5.41) is 3.22. The number of hydrogen-bond donors (Lipinski definition) is 3. The molecular formula is C21H27N6O2+. The average Bonchev–Trinajstić information content (AvgIpc) is 2.69. The van der Waals surface area contributed by atoms with Crippen molar-refractivity contribution in [2.24, 2.45) is 0 Å². The van der Waals surface area contributed by atoms with Crippen molar-refractivity contribution in [3.8, 4) is 11.5 Å². The molecule has 0 saturated carbocycles. The maximum Gasteiger partial charge on any atom is 0.232 e. The minimum atomic E-state index is 0.199. The van der Waals surface area contributed by atoms with Crippen LogP contribution in [0.1, 0.15) is 17.0 Å². The standard InChI is InChI=1S/C21H26N6O2/c1-14-7-5-6-8-16(14)23-21-25-19(24-20(22)26-21)13-27(2)12-15-9-10-17(28-3)18(11-15)29-4/h5-11H,12-13H2,1-4H3,(H3,22,23,24,25,26)/p+1. The number of nitrogens with one attached hydrogen (secondary N) is 2. The van der Waals surface area contributed by atoms with Gasteiger partial charge in [0.25, 0.3) is 0 Å². The van der Waals surface area contributed by atoms with Gasteiger partial charge in [0.05, 0.1) is 21.3 Å². The van der Waals surface area contributed by atoms with Gasteiger partial charge in [-0.2, -0.15) is 15.0 Å². The number of aromatic nitrogens is 3. The fourth-order valence-electron chi connectivity index (χ4n) is 3.08. The van der Waals surface area contributed by atoms with Crippen LogP contribution < -0.4 is 25.4 Å². The molecule has 29 heavy (non-hydrogen) atoms. The number of nitrogens with zero attached hydrogens (tertiary/aromatic N) is 3. The highest BCUT2D eigenvalue weighted by Gasteiger charge is 2.13. The number of methoxy groups -OCH3 is 2. The SMILES string of the molecule is COc1ccc(C[NH+](C)Cc2nc(N)nc(Nc3ccccc3C)n2)cc1OC. The van der Waals surface area contributed by atoms with Gasteiger partial charge in [-0.25, -0.2) is 0 Å². The zero-order valence-corrected chi connectivity index (χ0v) is 17.2. The van der Waals surface area contributed by atoms with Crippen LogP contribution in [0, 0.1) is 6.92 Å². The molecule has 0 bridgehead atoms. The van der Waals surface area contributed by atoms with Crippen molar-refractivity contribution in [2.75, 3.05) is 32.3 Å². The largest absolute Gasteiger partial charge is 0.493 e. The smallest absolute Gasteiger partial charge is 0.232 e. The number of ether oxygens (including phenoxy) is 2. The maximum absolute atomic E-state index is 5.91. The molecule has 0 radical (unpaired) electrons. The first-order valence-corrected chi connectivity index (χ1v) is 9.33. The van der Waals surface area contributed by atoms with Crippen molar-refractivity contribution in [1.82, 2.24) is 15.0 Å². The predicted molar refractivity (Wildman–Crippen MR) is 113 cm³/mol. The van der Waals surface area contributed by atoms with E-state index in [9.17, 15) is 0 Å². The zero-order chi connectivity index (χ0) is 20.8. The van der Waals surface area contributed by atoms with Gasteiger partial charge in [-0.05, 0) is 36.8 Å². The molecule has 8 heteroatoms. The van der Waals surface area contributed by atoms with Gasteiger partial charge in [0.15, 0.2) is 17.3 Å². The number of anilines is 3. The van der Waals surface area contributed by atoms with Crippen LogP contribution in [-0.4, -0.2) is 36.2 Å². The summed E-state index contributed by atoms with van der Waals surface area (Å²) in [7, 11) is 5.34. The van der Waals surface area contributed by atoms with Gasteiger partial charge in [-0.15, -0.1) is 0 Å². The Hall–Kier alpha value is -3.39. The third-order valence-corrected chi connectivity index (χ3v) is 4.50. The molecule has 0 fully saturated rings. The Labute approximate surface area is 170 Å². The highest BCUT2D eigenvalue weighted by Crippen LogP contribution is 2.27. The minimum absolute atomic E-state index is 0.199. The van der Waals surface area contributed by atoms with Crippen molar-refractivity contribution >= 4 is 17.6 Å². The van der Waals surface area contributed by atoms with E-state index < -0.39 is 0 Å². The molecule has 0 aliphatic heterocycles. The van der Waals surface area contributed by atoms with Gasteiger partial charge in [-0.1, -0.05) is 18.2 Å². The normalized spacial score (nSPS) is 11.7. The summed E-state index contributed by atoms with van der Waals surface area (Å²) in [6.07, 6.45) is 0. The van der Waals surface area contributed by atoms with Crippen molar-refractivity contribution in [1.29, 1.82) is 0 Å². The lowest BCUT2D eigenvalue weighted by Crippen LogP contribution is -3.06. The number of benzene rings is 2. The summed E-state index contributed by atoms with van der Waals surface area (Å²) in [5.74, 6) is 2.70. The Morgan fingerprint density at radius 2 is 1.72 bits per heavy atom. The highest BCUT2D eigenvalue weighted by atomic mass is 16.5. The molecule has 0 aliphatic rings. The van der Waals surface area contributed by atoms with Crippen LogP contribution in [0.2, 0.25) is 0 Å². The Morgan fingerprint density at radius 3 is 2.45 bits per heavy atom. The lowest BCUT2D eigenvalue weighted by atomic mass is 10.2. The summed E-state index contributed by atoms with van der Waals surface area (Å²) in [5.41, 5.74) is 9.07. The first-order chi connectivity index (χ1) is 14.0. The Kier molecular flexibility index (Phi) is 6.46. The summed E-state index contributed by atoms with van der Waals surface area (Å²) in [6.45, 7) is 3.39. The van der Waals surface area contributed by atoms with Gasteiger partial charge in [0, 0.05) is 11.3 Å². The van der Waals surface area contributed by atoms with Crippen LogP contribution in [0.25, 0.3) is 0 Å². The second kappa shape index (κ2) is 9.20. The first-order valence-electron chi connectivity index (χ1n) is 9.33. The highest BCUT2D eigenvalue weighted by molar-refractivity contribution is 5.58. The molecule has 3 aromatic rings. The number of hydrogen-bond acceptors (Lipinski definition) is 7. The number of nitrogen functional groups attached to an aromatic ring is 1. The van der Waals surface area contributed by atoms with Crippen LogP contribution in [0.4, 0.5) is 17.6 Å². The number of para-hydroxylation sites is 1. The van der Waals surface area contributed by atoms with Crippen LogP contribution in [0.15, 0.2) is 42.5 Å². The van der Waals surface area contributed by atoms with E-state index in [0.717, 1.165) is 23.4 Å². The first kappa shape index (κ1) is 20.3. The molecule has 1 heterocycles. The molecule has 1 aromatic heterocycles. The van der Waals surface area contributed by atoms with Gasteiger partial charge in [0.1, 0.15) is 13.1 Å². The van der Waals surface area contributed by atoms with Crippen molar-refractivity contribution in [3.05, 3.63) is 59.4 Å². The average molecular weight is 395 g/mol. The van der Waals surface area contributed by atoms with E-state index in [1.165, 1.54) is 4.90 Å². The third kappa shape index (κ3) is 5.32. The van der Waals surface area contributed by atoms with Gasteiger partial charge >= 0.3 is 0 Å². The molecule has 0 amide bonds. The van der Waals surface area contributed by atoms with Crippen LogP contribution in [-0.2, 0) is 13.1 Å². The molecule has 0 aliphatic carbocycles. The molecular weight excluding hydrogens is 368 g/mol. The second-order valence-electron chi connectivity index (χ2n) is 6.87. The monoisotopic (exact) mass is 395 g/mol. The predicted octanol–water partition coefficient (Wildman–Crippen LogP) is 1.74. The number of nitrogens with two attached hydrogens (primary N) is 1. The lowest BCUT2D eigenvalue weighted by Gasteiger charge is -2.15. The fraction of sp³-hybridized carbons (Fsp3) is 0.286. The number of quaternary nitrogens is 1. The van der Waals surface area contributed by atoms with E-state index in [1.807, 2.05) is 49.4 Å². The molecule has 0 saturated heterocycles. The molecule has 3 rings (SSSR count). The Balaban J connectivity index is 1.71. The molecule has 0 spiro atoms. The molecule has 1 atom stereocenters. The van der Waals surface area contributed by atoms with Crippen LogP contribution in [0.5, 0.6) is 11.5 Å². The maximum atomic E-state index is 5.91. The van der Waals surface area contributed by atoms with E-state index in [2.05, 4.69) is 27.3 Å². The van der Waals surface area contributed by atoms with Crippen LogP contribution >= 0.6 is 0 Å². The quantitative estimate of drug-likeness (QED) is 0.534. The Bertz CT molecular complexity index is 979. The number of rotatable bonds is 8. The van der Waals surface area contributed by atoms with E-state index in [-0.39, 0.29) is 5.95 Å².